The molecule has 0 fully saturated rings. The zero-order valence-electron chi connectivity index (χ0n) is 13.9. The first kappa shape index (κ1) is 22.4. The number of halogens is 3. The second-order valence-corrected chi connectivity index (χ2v) is 5.14. The van der Waals surface area contributed by atoms with Gasteiger partial charge in [0, 0.05) is 25.6 Å². The quantitative estimate of drug-likeness (QED) is 0.535. The van der Waals surface area contributed by atoms with Gasteiger partial charge in [0.2, 0.25) is 0 Å². The Bertz CT molecular complexity index is 442. The number of hydrogen-bond acceptors (Lipinski definition) is 4. The Morgan fingerprint density at radius 3 is 2.33 bits per heavy atom. The molecule has 0 radical (unpaired) electrons. The second-order valence-electron chi connectivity index (χ2n) is 5.14. The lowest BCUT2D eigenvalue weighted by molar-refractivity contribution is -0.367. The van der Waals surface area contributed by atoms with Crippen molar-refractivity contribution in [2.45, 2.75) is 32.0 Å². The molecule has 138 valence electrons. The highest BCUT2D eigenvalue weighted by atomic mass is 19.4. The predicted molar refractivity (Wildman–Crippen MR) is 83.9 cm³/mol. The monoisotopic (exact) mass is 349 g/mol. The van der Waals surface area contributed by atoms with E-state index in [9.17, 15) is 13.2 Å². The topological polar surface area (TPSA) is 91.8 Å². The number of hydrogen-bond donors (Lipinski definition) is 3. The first-order valence-electron chi connectivity index (χ1n) is 7.86. The number of carbonyl (C=O) groups excluding carboxylic acids is 1. The highest BCUT2D eigenvalue weighted by molar-refractivity contribution is 5.70. The summed E-state index contributed by atoms with van der Waals surface area (Å²) in [5.74, 6) is -3.01. The number of quaternary nitrogens is 1. The van der Waals surface area contributed by atoms with Gasteiger partial charge in [0.15, 0.2) is 0 Å². The van der Waals surface area contributed by atoms with Gasteiger partial charge in [-0.05, 0) is 18.5 Å². The maximum Gasteiger partial charge on any atom is 0.430 e. The minimum absolute atomic E-state index is 0.521. The standard InChI is InChI=1S/C14H25N3.C2HF3O2/c1-2-17-14(12-16-10-6-9-15)11-13-7-4-3-5-8-13;3-2(4,5)1(6)7/h3-5,7-8,14,16-17H,2,6,9-12,15H2,1H3;(H,6,7)/t14-;/m0./s1. The third-order valence-corrected chi connectivity index (χ3v) is 3.04. The molecule has 0 saturated carbocycles. The molecule has 1 aromatic carbocycles. The van der Waals surface area contributed by atoms with E-state index in [0.29, 0.717) is 6.04 Å². The number of carboxylic acids is 1. The molecule has 0 spiro atoms. The molecular weight excluding hydrogens is 323 g/mol. The molecule has 0 aliphatic carbocycles. The van der Waals surface area contributed by atoms with E-state index in [1.54, 1.807) is 0 Å². The lowest BCUT2D eigenvalue weighted by Crippen LogP contribution is -2.51. The van der Waals surface area contributed by atoms with Crippen LogP contribution >= 0.6 is 0 Å². The number of benzene rings is 1. The summed E-state index contributed by atoms with van der Waals surface area (Å²) < 4.78 is 31.5. The summed E-state index contributed by atoms with van der Waals surface area (Å²) in [6.07, 6.45) is -2.95. The number of likely N-dealkylation sites (N-methyl/N-ethyl adjacent to an activating group) is 1. The Morgan fingerprint density at radius 1 is 1.29 bits per heavy atom. The van der Waals surface area contributed by atoms with Gasteiger partial charge in [0.25, 0.3) is 0 Å². The van der Waals surface area contributed by atoms with Gasteiger partial charge in [0.05, 0.1) is 6.54 Å². The molecule has 5 N–H and O–H groups in total. The van der Waals surface area contributed by atoms with Crippen LogP contribution in [0.3, 0.4) is 0 Å². The van der Waals surface area contributed by atoms with Crippen LogP contribution in [0.1, 0.15) is 18.9 Å². The van der Waals surface area contributed by atoms with E-state index in [0.717, 1.165) is 39.0 Å². The van der Waals surface area contributed by atoms with Gasteiger partial charge in [-0.1, -0.05) is 37.3 Å². The molecule has 24 heavy (non-hydrogen) atoms. The molecule has 0 heterocycles. The first-order valence-corrected chi connectivity index (χ1v) is 7.86. The van der Waals surface area contributed by atoms with Gasteiger partial charge in [0.1, 0.15) is 5.97 Å². The summed E-state index contributed by atoms with van der Waals surface area (Å²) >= 11 is 0. The first-order chi connectivity index (χ1) is 11.3. The Hall–Kier alpha value is -1.64. The lowest BCUT2D eigenvalue weighted by Gasteiger charge is -2.18. The molecule has 1 rings (SSSR count). The number of nitrogens with one attached hydrogen (secondary N) is 2. The van der Waals surface area contributed by atoms with E-state index < -0.39 is 12.1 Å². The highest BCUT2D eigenvalue weighted by Gasteiger charge is 2.28. The molecule has 5 nitrogen and oxygen atoms in total. The SMILES string of the molecule is CCN[C@H](CNCCC[NH3+])Cc1ccccc1.O=C([O-])C(F)(F)F. The zero-order chi connectivity index (χ0) is 18.4. The summed E-state index contributed by atoms with van der Waals surface area (Å²) in [6.45, 7) is 6.29. The van der Waals surface area contributed by atoms with E-state index in [1.807, 2.05) is 0 Å². The van der Waals surface area contributed by atoms with Crippen molar-refractivity contribution in [2.75, 3.05) is 26.2 Å². The maximum absolute atomic E-state index is 10.5. The maximum atomic E-state index is 10.5. The van der Waals surface area contributed by atoms with Crippen molar-refractivity contribution < 1.29 is 28.8 Å². The fourth-order valence-electron chi connectivity index (χ4n) is 1.93. The Balaban J connectivity index is 0.000000640. The smallest absolute Gasteiger partial charge is 0.430 e. The van der Waals surface area contributed by atoms with Crippen molar-refractivity contribution in [3.8, 4) is 0 Å². The summed E-state index contributed by atoms with van der Waals surface area (Å²) in [4.78, 5) is 8.78. The van der Waals surface area contributed by atoms with Crippen molar-refractivity contribution in [2.24, 2.45) is 0 Å². The predicted octanol–water partition coefficient (Wildman–Crippen LogP) is -0.273. The normalized spacial score (nSPS) is 12.2. The van der Waals surface area contributed by atoms with Gasteiger partial charge in [-0.2, -0.15) is 13.2 Å². The van der Waals surface area contributed by atoms with Crippen LogP contribution in [0, 0.1) is 0 Å². The van der Waals surface area contributed by atoms with Gasteiger partial charge in [-0.25, -0.2) is 0 Å². The fourth-order valence-corrected chi connectivity index (χ4v) is 1.93. The van der Waals surface area contributed by atoms with Crippen LogP contribution in [0.2, 0.25) is 0 Å². The molecule has 0 aliphatic heterocycles. The molecule has 0 bridgehead atoms. The van der Waals surface area contributed by atoms with Gasteiger partial charge >= 0.3 is 6.18 Å². The molecular formula is C16H26F3N3O2. The van der Waals surface area contributed by atoms with Crippen molar-refractivity contribution in [3.63, 3.8) is 0 Å². The van der Waals surface area contributed by atoms with Crippen LogP contribution in [0.25, 0.3) is 0 Å². The Kier molecular flexibility index (Phi) is 11.9. The van der Waals surface area contributed by atoms with E-state index in [1.165, 1.54) is 5.56 Å². The van der Waals surface area contributed by atoms with E-state index in [4.69, 9.17) is 9.90 Å². The lowest BCUT2D eigenvalue weighted by atomic mass is 10.1. The van der Waals surface area contributed by atoms with E-state index >= 15 is 0 Å². The van der Waals surface area contributed by atoms with Crippen molar-refractivity contribution >= 4 is 5.97 Å². The summed E-state index contributed by atoms with van der Waals surface area (Å²) in [7, 11) is 0. The van der Waals surface area contributed by atoms with Crippen LogP contribution in [-0.4, -0.2) is 44.4 Å². The van der Waals surface area contributed by atoms with Gasteiger partial charge in [-0.15, -0.1) is 0 Å². The van der Waals surface area contributed by atoms with Gasteiger partial charge in [-0.3, -0.25) is 0 Å². The molecule has 0 unspecified atom stereocenters. The van der Waals surface area contributed by atoms with Crippen LogP contribution in [0.15, 0.2) is 30.3 Å². The van der Waals surface area contributed by atoms with E-state index in [-0.39, 0.29) is 0 Å². The second kappa shape index (κ2) is 12.7. The third-order valence-electron chi connectivity index (χ3n) is 3.04. The summed E-state index contributed by atoms with van der Waals surface area (Å²) in [5.41, 5.74) is 5.25. The average Bonchev–Trinajstić information content (AvgIpc) is 2.52. The highest BCUT2D eigenvalue weighted by Crippen LogP contribution is 2.11. The number of rotatable bonds is 9. The Labute approximate surface area is 140 Å². The average molecular weight is 349 g/mol. The van der Waals surface area contributed by atoms with Crippen LogP contribution in [0.4, 0.5) is 13.2 Å². The minimum Gasteiger partial charge on any atom is -0.542 e. The number of carboxylic acid groups (broad SMARTS) is 1. The van der Waals surface area contributed by atoms with Crippen LogP contribution in [-0.2, 0) is 11.2 Å². The third kappa shape index (κ3) is 11.9. The van der Waals surface area contributed by atoms with Crippen molar-refractivity contribution in [1.29, 1.82) is 0 Å². The van der Waals surface area contributed by atoms with Crippen molar-refractivity contribution in [3.05, 3.63) is 35.9 Å². The number of carbonyl (C=O) groups is 1. The Morgan fingerprint density at radius 2 is 1.88 bits per heavy atom. The number of aliphatic carboxylic acids is 1. The number of alkyl halides is 3. The zero-order valence-corrected chi connectivity index (χ0v) is 13.9. The minimum atomic E-state index is -5.19. The molecule has 0 saturated heterocycles. The molecule has 1 atom stereocenters. The molecule has 8 heteroatoms. The summed E-state index contributed by atoms with van der Waals surface area (Å²) in [5, 5.41) is 15.8. The molecule has 0 aromatic heterocycles. The fraction of sp³-hybridized carbons (Fsp3) is 0.562. The van der Waals surface area contributed by atoms with Crippen molar-refractivity contribution in [1.82, 2.24) is 10.6 Å². The van der Waals surface area contributed by atoms with Crippen LogP contribution < -0.4 is 21.5 Å². The van der Waals surface area contributed by atoms with E-state index in [2.05, 4.69) is 53.6 Å². The molecule has 0 aliphatic rings. The largest absolute Gasteiger partial charge is 0.542 e. The van der Waals surface area contributed by atoms with Gasteiger partial charge < -0.3 is 26.3 Å². The van der Waals surface area contributed by atoms with Crippen LogP contribution in [0.5, 0.6) is 0 Å². The summed E-state index contributed by atoms with van der Waals surface area (Å²) in [6, 6.07) is 11.2. The molecule has 0 amide bonds. The molecule has 1 aromatic rings.